The van der Waals surface area contributed by atoms with Gasteiger partial charge in [-0.25, -0.2) is 9.69 Å². The fraction of sp³-hybridized carbons (Fsp3) is 0.429. The molecule has 2 amide bonds. The number of ether oxygens (including phenoxy) is 2. The van der Waals surface area contributed by atoms with Crippen LogP contribution in [0.25, 0.3) is 0 Å². The molecule has 1 aliphatic heterocycles. The summed E-state index contributed by atoms with van der Waals surface area (Å²) in [6, 6.07) is 12.9. The summed E-state index contributed by atoms with van der Waals surface area (Å²) in [4.78, 5) is 28.2. The molecule has 35 heavy (non-hydrogen) atoms. The third kappa shape index (κ3) is 4.56. The van der Waals surface area contributed by atoms with Crippen LogP contribution in [0.2, 0.25) is 10.0 Å². The fourth-order valence-electron chi connectivity index (χ4n) is 5.61. The van der Waals surface area contributed by atoms with Crippen molar-refractivity contribution in [3.63, 3.8) is 0 Å². The van der Waals surface area contributed by atoms with Crippen LogP contribution in [0.1, 0.15) is 57.6 Å². The zero-order chi connectivity index (χ0) is 25.7. The molecule has 1 aliphatic carbocycles. The molecule has 186 valence electrons. The molecule has 4 rings (SSSR count). The topological polar surface area (TPSA) is 55.8 Å². The lowest BCUT2D eigenvalue weighted by atomic mass is 9.59. The standard InChI is InChI=1S/C28H31Cl2NO4/c1-16-24-23(17-7-9-18(29)10-8-17)21(20-12-11-19(34-6)15-22(20)30)13-14-28(24,5)25(32)31(16)26(33)35-27(2,3)4/h7-16,21,23-24H,1-6H3. The Bertz CT molecular complexity index is 1170. The van der Waals surface area contributed by atoms with Crippen molar-refractivity contribution in [3.8, 4) is 5.75 Å². The van der Waals surface area contributed by atoms with E-state index in [-0.39, 0.29) is 23.7 Å². The van der Waals surface area contributed by atoms with Crippen molar-refractivity contribution >= 4 is 35.2 Å². The lowest BCUT2D eigenvalue weighted by molar-refractivity contribution is -0.133. The second kappa shape index (κ2) is 9.18. The van der Waals surface area contributed by atoms with Crippen molar-refractivity contribution in [1.29, 1.82) is 0 Å². The molecule has 1 fully saturated rings. The summed E-state index contributed by atoms with van der Waals surface area (Å²) in [5, 5.41) is 1.22. The van der Waals surface area contributed by atoms with E-state index in [0.29, 0.717) is 15.8 Å². The Morgan fingerprint density at radius 3 is 2.31 bits per heavy atom. The monoisotopic (exact) mass is 515 g/mol. The van der Waals surface area contributed by atoms with Gasteiger partial charge in [0.25, 0.3) is 0 Å². The van der Waals surface area contributed by atoms with Gasteiger partial charge in [0, 0.05) is 33.8 Å². The molecule has 5 nitrogen and oxygen atoms in total. The number of carbonyl (C=O) groups excluding carboxylic acids is 2. The number of nitrogens with zero attached hydrogens (tertiary/aromatic N) is 1. The SMILES string of the molecule is COc1ccc(C2C=CC3(C)C(=O)N(C(=O)OC(C)(C)C)C(C)C3C2c2ccc(Cl)cc2)c(Cl)c1. The predicted octanol–water partition coefficient (Wildman–Crippen LogP) is 7.23. The fourth-order valence-corrected chi connectivity index (χ4v) is 6.04. The third-order valence-electron chi connectivity index (χ3n) is 7.13. The largest absolute Gasteiger partial charge is 0.497 e. The summed E-state index contributed by atoms with van der Waals surface area (Å²) in [6.07, 6.45) is 3.37. The number of allylic oxidation sites excluding steroid dienone is 1. The van der Waals surface area contributed by atoms with Crippen LogP contribution in [0.15, 0.2) is 54.6 Å². The minimum Gasteiger partial charge on any atom is -0.497 e. The quantitative estimate of drug-likeness (QED) is 0.404. The van der Waals surface area contributed by atoms with Crippen LogP contribution >= 0.6 is 23.2 Å². The van der Waals surface area contributed by atoms with E-state index in [1.807, 2.05) is 62.4 Å². The first-order valence-corrected chi connectivity index (χ1v) is 12.5. The molecule has 5 atom stereocenters. The van der Waals surface area contributed by atoms with Crippen molar-refractivity contribution in [2.75, 3.05) is 7.11 Å². The molecule has 5 unspecified atom stereocenters. The van der Waals surface area contributed by atoms with Gasteiger partial charge in [-0.2, -0.15) is 0 Å². The molecule has 7 heteroatoms. The van der Waals surface area contributed by atoms with Gasteiger partial charge in [-0.05, 0) is 70.0 Å². The maximum Gasteiger partial charge on any atom is 0.417 e. The van der Waals surface area contributed by atoms with Crippen LogP contribution in [-0.2, 0) is 9.53 Å². The zero-order valence-corrected chi connectivity index (χ0v) is 22.4. The van der Waals surface area contributed by atoms with Gasteiger partial charge in [0.15, 0.2) is 0 Å². The van der Waals surface area contributed by atoms with Crippen molar-refractivity contribution < 1.29 is 19.1 Å². The van der Waals surface area contributed by atoms with Gasteiger partial charge in [-0.15, -0.1) is 0 Å². The lowest BCUT2D eigenvalue weighted by Gasteiger charge is -2.42. The molecule has 0 saturated carbocycles. The highest BCUT2D eigenvalue weighted by Gasteiger charge is 2.61. The van der Waals surface area contributed by atoms with E-state index in [9.17, 15) is 9.59 Å². The number of imide groups is 1. The highest BCUT2D eigenvalue weighted by molar-refractivity contribution is 6.31. The highest BCUT2D eigenvalue weighted by atomic mass is 35.5. The Labute approximate surface area is 217 Å². The first-order valence-electron chi connectivity index (χ1n) is 11.7. The number of hydrogen-bond acceptors (Lipinski definition) is 4. The molecule has 2 aromatic rings. The second-order valence-corrected chi connectivity index (χ2v) is 11.4. The van der Waals surface area contributed by atoms with E-state index in [1.54, 1.807) is 33.9 Å². The van der Waals surface area contributed by atoms with Gasteiger partial charge in [0.1, 0.15) is 11.4 Å². The van der Waals surface area contributed by atoms with Crippen molar-refractivity contribution in [2.24, 2.45) is 11.3 Å². The Morgan fingerprint density at radius 1 is 1.09 bits per heavy atom. The Kier molecular flexibility index (Phi) is 6.71. The van der Waals surface area contributed by atoms with E-state index in [4.69, 9.17) is 32.7 Å². The summed E-state index contributed by atoms with van der Waals surface area (Å²) in [5.74, 6) is -0.0522. The molecule has 1 saturated heterocycles. The van der Waals surface area contributed by atoms with Gasteiger partial charge in [-0.1, -0.05) is 53.6 Å². The molecular weight excluding hydrogens is 485 g/mol. The third-order valence-corrected chi connectivity index (χ3v) is 7.71. The number of benzene rings is 2. The van der Waals surface area contributed by atoms with Gasteiger partial charge in [0.05, 0.1) is 12.5 Å². The van der Waals surface area contributed by atoms with Gasteiger partial charge < -0.3 is 9.47 Å². The maximum atomic E-state index is 13.7. The number of halogens is 2. The number of amides is 2. The van der Waals surface area contributed by atoms with Gasteiger partial charge >= 0.3 is 6.09 Å². The zero-order valence-electron chi connectivity index (χ0n) is 20.8. The molecule has 2 aliphatic rings. The summed E-state index contributed by atoms with van der Waals surface area (Å²) >= 11 is 12.9. The molecule has 0 N–H and O–H groups in total. The van der Waals surface area contributed by atoms with Crippen molar-refractivity contribution in [1.82, 2.24) is 4.90 Å². The highest BCUT2D eigenvalue weighted by Crippen LogP contribution is 2.58. The second-order valence-electron chi connectivity index (χ2n) is 10.6. The minimum absolute atomic E-state index is 0.124. The smallest absolute Gasteiger partial charge is 0.417 e. The molecular formula is C28H31Cl2NO4. The normalized spacial score (nSPS) is 28.1. The number of likely N-dealkylation sites (tertiary alicyclic amines) is 1. The van der Waals surface area contributed by atoms with Crippen LogP contribution in [-0.4, -0.2) is 35.7 Å². The molecule has 2 aromatic carbocycles. The first kappa shape index (κ1) is 25.6. The maximum absolute atomic E-state index is 13.7. The predicted molar refractivity (Wildman–Crippen MR) is 138 cm³/mol. The number of hydrogen-bond donors (Lipinski definition) is 0. The molecule has 0 radical (unpaired) electrons. The first-order chi connectivity index (χ1) is 16.4. The number of fused-ring (bicyclic) bond motifs is 1. The van der Waals surface area contributed by atoms with Gasteiger partial charge in [-0.3, -0.25) is 4.79 Å². The molecule has 0 spiro atoms. The Hall–Kier alpha value is -2.50. The summed E-state index contributed by atoms with van der Waals surface area (Å²) in [7, 11) is 1.60. The van der Waals surface area contributed by atoms with Gasteiger partial charge in [0.2, 0.25) is 5.91 Å². The van der Waals surface area contributed by atoms with Crippen LogP contribution in [0.3, 0.4) is 0 Å². The van der Waals surface area contributed by atoms with Crippen LogP contribution < -0.4 is 4.74 Å². The Morgan fingerprint density at radius 2 is 1.74 bits per heavy atom. The molecule has 1 heterocycles. The average Bonchev–Trinajstić information content (AvgIpc) is 2.98. The van der Waals surface area contributed by atoms with E-state index in [1.165, 1.54) is 4.90 Å². The molecule has 0 bridgehead atoms. The molecule has 0 aromatic heterocycles. The van der Waals surface area contributed by atoms with E-state index < -0.39 is 23.2 Å². The minimum atomic E-state index is -0.879. The van der Waals surface area contributed by atoms with Crippen molar-refractivity contribution in [3.05, 3.63) is 75.8 Å². The summed E-state index contributed by atoms with van der Waals surface area (Å²) < 4.78 is 11.0. The van der Waals surface area contributed by atoms with E-state index in [2.05, 4.69) is 0 Å². The van der Waals surface area contributed by atoms with Crippen molar-refractivity contribution in [2.45, 2.75) is 58.1 Å². The van der Waals surface area contributed by atoms with E-state index in [0.717, 1.165) is 11.1 Å². The Balaban J connectivity index is 1.85. The lowest BCUT2D eigenvalue weighted by Crippen LogP contribution is -2.43. The number of carbonyl (C=O) groups is 2. The van der Waals surface area contributed by atoms with Crippen LogP contribution in [0.4, 0.5) is 4.79 Å². The average molecular weight is 516 g/mol. The summed E-state index contributed by atoms with van der Waals surface area (Å²) in [6.45, 7) is 9.22. The van der Waals surface area contributed by atoms with Crippen LogP contribution in [0.5, 0.6) is 5.75 Å². The number of rotatable bonds is 3. The summed E-state index contributed by atoms with van der Waals surface area (Å²) in [5.41, 5.74) is 0.366. The van der Waals surface area contributed by atoms with Crippen LogP contribution in [0, 0.1) is 11.3 Å². The number of methoxy groups -OCH3 is 1. The van der Waals surface area contributed by atoms with E-state index >= 15 is 0 Å².